The highest BCUT2D eigenvalue weighted by atomic mass is 35.5. The van der Waals surface area contributed by atoms with Crippen LogP contribution in [0, 0.1) is 17.7 Å². The number of nitrogens with zero attached hydrogens (tertiary/aromatic N) is 3. The standard InChI is InChI=1S/C33H31Cl2FN4O5/c1-33(32(43)37-19-6-3-5-18(34)11-19)28(20-7-4-8-24(35)29(20)36)23-15-40-30(45-16-26(23)39(33)14-17-9-10-17)21-12-22(31(41)42)27(44-2)13-25(21)38-40/h3-8,11-13,17,23,26,28H,9-10,14-16H2,1-2H3,(H,37,43)(H,41,42)/t23-,26+,28+,33-/m1/s1. The molecule has 3 aromatic carbocycles. The number of carboxylic acids is 1. The Labute approximate surface area is 268 Å². The van der Waals surface area contributed by atoms with Crippen LogP contribution in [0.1, 0.15) is 41.6 Å². The number of likely N-dealkylation sites (tertiary alicyclic amines) is 1. The molecule has 4 aromatic rings. The van der Waals surface area contributed by atoms with E-state index in [0.717, 1.165) is 12.8 Å². The highest BCUT2D eigenvalue weighted by molar-refractivity contribution is 6.31. The SMILES string of the molecule is COc1cc2nn3c(c2cc1C(=O)O)OC[C@H]1[C@@H](C3)[C@H](c2cccc(Cl)c2F)[C@](C)(C(=O)Nc2cccc(Cl)c2)N1CC1CC1. The number of ether oxygens (including phenoxy) is 2. The van der Waals surface area contributed by atoms with Crippen LogP contribution < -0.4 is 14.8 Å². The monoisotopic (exact) mass is 652 g/mol. The molecule has 12 heteroatoms. The maximum atomic E-state index is 16.0. The van der Waals surface area contributed by atoms with Crippen molar-refractivity contribution in [2.75, 3.05) is 25.6 Å². The molecule has 0 radical (unpaired) electrons. The smallest absolute Gasteiger partial charge is 0.339 e. The molecule has 2 fully saturated rings. The summed E-state index contributed by atoms with van der Waals surface area (Å²) >= 11 is 12.6. The first kappa shape index (κ1) is 29.8. The molecule has 0 spiro atoms. The van der Waals surface area contributed by atoms with E-state index in [1.807, 2.05) is 6.92 Å². The summed E-state index contributed by atoms with van der Waals surface area (Å²) in [6.45, 7) is 2.98. The van der Waals surface area contributed by atoms with Gasteiger partial charge in [-0.1, -0.05) is 41.4 Å². The van der Waals surface area contributed by atoms with Crippen LogP contribution in [0.3, 0.4) is 0 Å². The molecule has 1 aliphatic carbocycles. The fraction of sp³-hybridized carbons (Fsp3) is 0.364. The average Bonchev–Trinajstić information content (AvgIpc) is 3.76. The Hall–Kier alpha value is -3.86. The van der Waals surface area contributed by atoms with Crippen molar-refractivity contribution in [1.82, 2.24) is 14.7 Å². The van der Waals surface area contributed by atoms with Crippen molar-refractivity contribution in [2.24, 2.45) is 11.8 Å². The lowest BCUT2D eigenvalue weighted by molar-refractivity contribution is -0.127. The lowest BCUT2D eigenvalue weighted by Gasteiger charge is -2.40. The third-order valence-electron chi connectivity index (χ3n) is 9.55. The van der Waals surface area contributed by atoms with Gasteiger partial charge in [0.15, 0.2) is 0 Å². The highest BCUT2D eigenvalue weighted by Crippen LogP contribution is 2.54. The van der Waals surface area contributed by atoms with Gasteiger partial charge in [0.05, 0.1) is 23.6 Å². The number of hydrogen-bond acceptors (Lipinski definition) is 6. The third kappa shape index (κ3) is 4.99. The molecule has 1 amide bonds. The normalized spacial score (nSPS) is 24.4. The van der Waals surface area contributed by atoms with Crippen LogP contribution in [0.2, 0.25) is 10.0 Å². The van der Waals surface area contributed by atoms with E-state index in [9.17, 15) is 14.7 Å². The molecule has 45 heavy (non-hydrogen) atoms. The number of aromatic carboxylic acids is 1. The Kier molecular flexibility index (Phi) is 7.42. The predicted molar refractivity (Wildman–Crippen MR) is 168 cm³/mol. The van der Waals surface area contributed by atoms with Gasteiger partial charge < -0.3 is 19.9 Å². The number of carbonyl (C=O) groups is 2. The number of aromatic nitrogens is 2. The predicted octanol–water partition coefficient (Wildman–Crippen LogP) is 6.47. The summed E-state index contributed by atoms with van der Waals surface area (Å²) in [6.07, 6.45) is 2.09. The molecular weight excluding hydrogens is 622 g/mol. The number of anilines is 1. The molecule has 3 aliphatic rings. The molecule has 2 aliphatic heterocycles. The molecule has 2 N–H and O–H groups in total. The fourth-order valence-electron chi connectivity index (χ4n) is 7.24. The summed E-state index contributed by atoms with van der Waals surface area (Å²) < 4.78 is 29.5. The van der Waals surface area contributed by atoms with Crippen molar-refractivity contribution in [1.29, 1.82) is 0 Å². The Balaban J connectivity index is 1.38. The summed E-state index contributed by atoms with van der Waals surface area (Å²) in [6, 6.07) is 14.6. The van der Waals surface area contributed by atoms with Gasteiger partial charge in [0, 0.05) is 41.7 Å². The van der Waals surface area contributed by atoms with E-state index in [1.165, 1.54) is 19.2 Å². The number of nitrogens with one attached hydrogen (secondary N) is 1. The minimum Gasteiger partial charge on any atom is -0.496 e. The van der Waals surface area contributed by atoms with E-state index in [-0.39, 0.29) is 47.4 Å². The molecule has 7 rings (SSSR count). The van der Waals surface area contributed by atoms with Crippen molar-refractivity contribution < 1.29 is 28.6 Å². The highest BCUT2D eigenvalue weighted by Gasteiger charge is 2.62. The minimum absolute atomic E-state index is 0.00617. The fourth-order valence-corrected chi connectivity index (χ4v) is 7.61. The van der Waals surface area contributed by atoms with Gasteiger partial charge in [0.2, 0.25) is 11.8 Å². The van der Waals surface area contributed by atoms with E-state index in [2.05, 4.69) is 10.2 Å². The topological polar surface area (TPSA) is 106 Å². The summed E-state index contributed by atoms with van der Waals surface area (Å²) in [7, 11) is 1.40. The van der Waals surface area contributed by atoms with Crippen LogP contribution in [0.25, 0.3) is 10.9 Å². The Morgan fingerprint density at radius 1 is 1.18 bits per heavy atom. The van der Waals surface area contributed by atoms with Crippen LogP contribution in [-0.4, -0.2) is 63.5 Å². The van der Waals surface area contributed by atoms with Crippen LogP contribution >= 0.6 is 23.2 Å². The minimum atomic E-state index is -1.21. The first-order chi connectivity index (χ1) is 21.6. The van der Waals surface area contributed by atoms with Gasteiger partial charge in [-0.25, -0.2) is 13.9 Å². The van der Waals surface area contributed by atoms with Crippen molar-refractivity contribution in [3.63, 3.8) is 0 Å². The molecule has 0 bridgehead atoms. The van der Waals surface area contributed by atoms with Crippen LogP contribution in [0.15, 0.2) is 54.6 Å². The molecule has 3 heterocycles. The van der Waals surface area contributed by atoms with E-state index in [4.69, 9.17) is 37.8 Å². The Bertz CT molecular complexity index is 1850. The summed E-state index contributed by atoms with van der Waals surface area (Å²) in [5.41, 5.74) is 0.171. The second-order valence-electron chi connectivity index (χ2n) is 12.2. The van der Waals surface area contributed by atoms with Crippen LogP contribution in [0.5, 0.6) is 11.6 Å². The molecule has 9 nitrogen and oxygen atoms in total. The van der Waals surface area contributed by atoms with Gasteiger partial charge in [-0.05, 0) is 61.6 Å². The number of halogens is 3. The largest absolute Gasteiger partial charge is 0.496 e. The van der Waals surface area contributed by atoms with E-state index < -0.39 is 23.2 Å². The summed E-state index contributed by atoms with van der Waals surface area (Å²) in [5.74, 6) is -1.96. The molecule has 0 unspecified atom stereocenters. The van der Waals surface area contributed by atoms with Gasteiger partial charge in [0.25, 0.3) is 0 Å². The zero-order valence-corrected chi connectivity index (χ0v) is 26.1. The summed E-state index contributed by atoms with van der Waals surface area (Å²) in [4.78, 5) is 28.7. The lowest BCUT2D eigenvalue weighted by atomic mass is 9.74. The zero-order chi connectivity index (χ0) is 31.6. The van der Waals surface area contributed by atoms with Gasteiger partial charge in [0.1, 0.15) is 34.8 Å². The number of fused-ring (bicyclic) bond motifs is 4. The number of carbonyl (C=O) groups excluding carboxylic acids is 1. The second-order valence-corrected chi connectivity index (χ2v) is 13.1. The number of methoxy groups -OCH3 is 1. The van der Waals surface area contributed by atoms with E-state index in [1.54, 1.807) is 47.1 Å². The number of benzene rings is 3. The first-order valence-corrected chi connectivity index (χ1v) is 15.6. The molecular formula is C33H31Cl2FN4O5. The maximum Gasteiger partial charge on any atom is 0.339 e. The third-order valence-corrected chi connectivity index (χ3v) is 10.1. The number of rotatable bonds is 7. The first-order valence-electron chi connectivity index (χ1n) is 14.8. The second kappa shape index (κ2) is 11.2. The maximum absolute atomic E-state index is 16.0. The molecule has 1 saturated carbocycles. The lowest BCUT2D eigenvalue weighted by Crippen LogP contribution is -2.57. The zero-order valence-electron chi connectivity index (χ0n) is 24.6. The van der Waals surface area contributed by atoms with Crippen molar-refractivity contribution in [3.8, 4) is 11.6 Å². The summed E-state index contributed by atoms with van der Waals surface area (Å²) in [5, 5.41) is 18.6. The van der Waals surface area contributed by atoms with Gasteiger partial charge >= 0.3 is 5.97 Å². The molecule has 234 valence electrons. The van der Waals surface area contributed by atoms with Gasteiger partial charge in [-0.2, -0.15) is 5.10 Å². The number of carboxylic acid groups (broad SMARTS) is 1. The van der Waals surface area contributed by atoms with Gasteiger partial charge in [-0.3, -0.25) is 9.69 Å². The molecule has 4 atom stereocenters. The van der Waals surface area contributed by atoms with Crippen molar-refractivity contribution in [3.05, 3.63) is 81.6 Å². The van der Waals surface area contributed by atoms with Crippen molar-refractivity contribution >= 4 is 51.7 Å². The van der Waals surface area contributed by atoms with E-state index >= 15 is 4.39 Å². The number of hydrogen-bond donors (Lipinski definition) is 2. The van der Waals surface area contributed by atoms with Crippen molar-refractivity contribution in [2.45, 2.75) is 43.8 Å². The van der Waals surface area contributed by atoms with Gasteiger partial charge in [-0.15, -0.1) is 0 Å². The van der Waals surface area contributed by atoms with Crippen LogP contribution in [0.4, 0.5) is 10.1 Å². The molecule has 1 aromatic heterocycles. The van der Waals surface area contributed by atoms with Crippen LogP contribution in [-0.2, 0) is 11.3 Å². The average molecular weight is 654 g/mol. The van der Waals surface area contributed by atoms with E-state index in [0.29, 0.717) is 45.5 Å². The number of amides is 1. The molecule has 1 saturated heterocycles. The Morgan fingerprint density at radius 3 is 2.67 bits per heavy atom. The quantitative estimate of drug-likeness (QED) is 0.236. The Morgan fingerprint density at radius 2 is 1.96 bits per heavy atom.